The van der Waals surface area contributed by atoms with Crippen molar-refractivity contribution in [3.8, 4) is 0 Å². The van der Waals surface area contributed by atoms with Gasteiger partial charge < -0.3 is 4.90 Å². The number of nitro groups is 1. The maximum Gasteiger partial charge on any atom is 0.282 e. The number of carbonyl (C=O) groups is 1. The molecule has 19 heavy (non-hydrogen) atoms. The summed E-state index contributed by atoms with van der Waals surface area (Å²) in [7, 11) is 0. The average Bonchev–Trinajstić information content (AvgIpc) is 2.63. The van der Waals surface area contributed by atoms with Crippen molar-refractivity contribution < 1.29 is 18.5 Å². The van der Waals surface area contributed by atoms with Gasteiger partial charge in [0.25, 0.3) is 17.5 Å². The maximum atomic E-state index is 12.9. The molecule has 0 saturated heterocycles. The Morgan fingerprint density at radius 3 is 2.63 bits per heavy atom. The number of nitrogens with zero attached hydrogens (tertiary/aromatic N) is 2. The van der Waals surface area contributed by atoms with Crippen LogP contribution in [0.4, 0.5) is 14.5 Å². The molecule has 5 nitrogen and oxygen atoms in total. The molecular formula is C12H10F2N2O3. The molecule has 3 rings (SSSR count). The average molecular weight is 268 g/mol. The number of carbonyl (C=O) groups excluding carboxylic acids is 1. The molecule has 1 saturated carbocycles. The molecular weight excluding hydrogens is 258 g/mol. The van der Waals surface area contributed by atoms with Crippen molar-refractivity contribution in [2.75, 3.05) is 0 Å². The first-order valence-electron chi connectivity index (χ1n) is 5.84. The first-order valence-corrected chi connectivity index (χ1v) is 5.84. The van der Waals surface area contributed by atoms with Gasteiger partial charge in [-0.15, -0.1) is 0 Å². The van der Waals surface area contributed by atoms with Crippen LogP contribution in [0.5, 0.6) is 0 Å². The highest BCUT2D eigenvalue weighted by atomic mass is 19.3. The van der Waals surface area contributed by atoms with Crippen LogP contribution in [0.1, 0.15) is 28.8 Å². The van der Waals surface area contributed by atoms with Gasteiger partial charge in [-0.05, 0) is 5.56 Å². The van der Waals surface area contributed by atoms with Gasteiger partial charge in [-0.1, -0.05) is 12.1 Å². The normalized spacial score (nSPS) is 21.2. The van der Waals surface area contributed by atoms with E-state index in [4.69, 9.17) is 0 Å². The van der Waals surface area contributed by atoms with Crippen LogP contribution in [-0.4, -0.2) is 27.7 Å². The molecule has 0 unspecified atom stereocenters. The molecule has 0 aromatic heterocycles. The van der Waals surface area contributed by atoms with E-state index in [1.807, 2.05) is 0 Å². The third-order valence-electron chi connectivity index (χ3n) is 3.65. The number of nitro benzene ring substituents is 1. The Bertz CT molecular complexity index is 580. The lowest BCUT2D eigenvalue weighted by Gasteiger charge is -2.40. The summed E-state index contributed by atoms with van der Waals surface area (Å²) in [4.78, 5) is 23.7. The van der Waals surface area contributed by atoms with Crippen LogP contribution in [0.2, 0.25) is 0 Å². The topological polar surface area (TPSA) is 63.4 Å². The quantitative estimate of drug-likeness (QED) is 0.611. The third kappa shape index (κ3) is 1.76. The van der Waals surface area contributed by atoms with Crippen molar-refractivity contribution >= 4 is 11.6 Å². The maximum absolute atomic E-state index is 12.9. The largest absolute Gasteiger partial charge is 0.331 e. The number of halogens is 2. The number of hydrogen-bond donors (Lipinski definition) is 0. The van der Waals surface area contributed by atoms with Gasteiger partial charge in [0.1, 0.15) is 5.56 Å². The molecule has 1 amide bonds. The SMILES string of the molecule is O=C1c2c(cccc2[N+](=O)[O-])CN1C1CC(F)(F)C1. The summed E-state index contributed by atoms with van der Waals surface area (Å²) in [6.45, 7) is 0.177. The van der Waals surface area contributed by atoms with Crippen LogP contribution in [0, 0.1) is 10.1 Å². The molecule has 0 bridgehead atoms. The Kier molecular flexibility index (Phi) is 2.35. The predicted molar refractivity (Wildman–Crippen MR) is 60.9 cm³/mol. The second-order valence-corrected chi connectivity index (χ2v) is 4.92. The van der Waals surface area contributed by atoms with Gasteiger partial charge >= 0.3 is 0 Å². The summed E-state index contributed by atoms with van der Waals surface area (Å²) in [6.07, 6.45) is -0.721. The second-order valence-electron chi connectivity index (χ2n) is 4.92. The highest BCUT2D eigenvalue weighted by Crippen LogP contribution is 2.43. The van der Waals surface area contributed by atoms with Gasteiger partial charge in [-0.25, -0.2) is 8.78 Å². The minimum Gasteiger partial charge on any atom is -0.331 e. The van der Waals surface area contributed by atoms with E-state index in [-0.39, 0.29) is 30.6 Å². The molecule has 0 radical (unpaired) electrons. The molecule has 0 spiro atoms. The van der Waals surface area contributed by atoms with Crippen LogP contribution in [-0.2, 0) is 6.54 Å². The van der Waals surface area contributed by atoms with Crippen LogP contribution in [0.3, 0.4) is 0 Å². The van der Waals surface area contributed by atoms with Crippen molar-refractivity contribution in [2.24, 2.45) is 0 Å². The van der Waals surface area contributed by atoms with E-state index < -0.39 is 22.8 Å². The standard InChI is InChI=1S/C12H10F2N2O3/c13-12(14)4-8(5-12)15-6-7-2-1-3-9(16(18)19)10(7)11(15)17/h1-3,8H,4-6H2. The number of rotatable bonds is 2. The zero-order valence-corrected chi connectivity index (χ0v) is 9.81. The lowest BCUT2D eigenvalue weighted by molar-refractivity contribution is -0.385. The predicted octanol–water partition coefficient (Wildman–Crippen LogP) is 2.35. The fourth-order valence-corrected chi connectivity index (χ4v) is 2.66. The number of benzene rings is 1. The summed E-state index contributed by atoms with van der Waals surface area (Å²) < 4.78 is 25.7. The van der Waals surface area contributed by atoms with Gasteiger partial charge in [0.2, 0.25) is 0 Å². The van der Waals surface area contributed by atoms with E-state index in [1.54, 1.807) is 6.07 Å². The molecule has 1 fully saturated rings. The minimum absolute atomic E-state index is 0.0442. The number of alkyl halides is 2. The Hall–Kier alpha value is -2.05. The highest BCUT2D eigenvalue weighted by Gasteiger charge is 2.51. The number of hydrogen-bond acceptors (Lipinski definition) is 3. The van der Waals surface area contributed by atoms with Crippen molar-refractivity contribution in [1.29, 1.82) is 0 Å². The lowest BCUT2D eigenvalue weighted by atomic mass is 9.87. The Balaban J connectivity index is 1.91. The van der Waals surface area contributed by atoms with Gasteiger partial charge in [0.05, 0.1) is 4.92 Å². The molecule has 1 aliphatic heterocycles. The van der Waals surface area contributed by atoms with Gasteiger partial charge in [0, 0.05) is 31.5 Å². The smallest absolute Gasteiger partial charge is 0.282 e. The fraction of sp³-hybridized carbons (Fsp3) is 0.417. The van der Waals surface area contributed by atoms with Gasteiger partial charge in [-0.2, -0.15) is 0 Å². The molecule has 0 N–H and O–H groups in total. The fourth-order valence-electron chi connectivity index (χ4n) is 2.66. The van der Waals surface area contributed by atoms with E-state index >= 15 is 0 Å². The summed E-state index contributed by atoms with van der Waals surface area (Å²) in [6, 6.07) is 3.87. The first-order chi connectivity index (χ1) is 8.89. The molecule has 100 valence electrons. The minimum atomic E-state index is -2.72. The molecule has 1 heterocycles. The van der Waals surface area contributed by atoms with Crippen LogP contribution in [0.25, 0.3) is 0 Å². The van der Waals surface area contributed by atoms with Crippen molar-refractivity contribution in [1.82, 2.24) is 4.90 Å². The third-order valence-corrected chi connectivity index (χ3v) is 3.65. The Morgan fingerprint density at radius 1 is 1.37 bits per heavy atom. The summed E-state index contributed by atoms with van der Waals surface area (Å²) >= 11 is 0. The molecule has 0 atom stereocenters. The van der Waals surface area contributed by atoms with Crippen molar-refractivity contribution in [3.05, 3.63) is 39.4 Å². The molecule has 1 aromatic rings. The summed E-state index contributed by atoms with van der Waals surface area (Å²) in [5.41, 5.74) is 0.327. The summed E-state index contributed by atoms with van der Waals surface area (Å²) in [5, 5.41) is 10.9. The van der Waals surface area contributed by atoms with Crippen LogP contribution >= 0.6 is 0 Å². The van der Waals surface area contributed by atoms with Crippen molar-refractivity contribution in [2.45, 2.75) is 31.4 Å². The van der Waals surface area contributed by atoms with E-state index in [1.165, 1.54) is 17.0 Å². The van der Waals surface area contributed by atoms with Gasteiger partial charge in [0.15, 0.2) is 0 Å². The van der Waals surface area contributed by atoms with E-state index in [9.17, 15) is 23.7 Å². The highest BCUT2D eigenvalue weighted by molar-refractivity contribution is 6.02. The second kappa shape index (κ2) is 3.72. The summed E-state index contributed by atoms with van der Waals surface area (Å²) in [5.74, 6) is -3.23. The van der Waals surface area contributed by atoms with E-state index in [0.29, 0.717) is 5.56 Å². The van der Waals surface area contributed by atoms with Crippen molar-refractivity contribution in [3.63, 3.8) is 0 Å². The monoisotopic (exact) mass is 268 g/mol. The zero-order chi connectivity index (χ0) is 13.8. The molecule has 1 aromatic carbocycles. The molecule has 7 heteroatoms. The Labute approximate surface area is 107 Å². The van der Waals surface area contributed by atoms with Crippen LogP contribution in [0.15, 0.2) is 18.2 Å². The van der Waals surface area contributed by atoms with E-state index in [0.717, 1.165) is 0 Å². The van der Waals surface area contributed by atoms with Gasteiger partial charge in [-0.3, -0.25) is 14.9 Å². The zero-order valence-electron chi connectivity index (χ0n) is 9.81. The van der Waals surface area contributed by atoms with Crippen LogP contribution < -0.4 is 0 Å². The number of amides is 1. The lowest BCUT2D eigenvalue weighted by Crippen LogP contribution is -2.50. The van der Waals surface area contributed by atoms with E-state index in [2.05, 4.69) is 0 Å². The first kappa shape index (κ1) is 12.0. The Morgan fingerprint density at radius 2 is 2.05 bits per heavy atom. The molecule has 1 aliphatic carbocycles. The molecule has 2 aliphatic rings. The number of fused-ring (bicyclic) bond motifs is 1.